The summed E-state index contributed by atoms with van der Waals surface area (Å²) >= 11 is 0. The molecule has 0 aliphatic rings. The Morgan fingerprint density at radius 3 is 2.35 bits per heavy atom. The second-order valence-electron chi connectivity index (χ2n) is 4.45. The van der Waals surface area contributed by atoms with Crippen molar-refractivity contribution in [3.05, 3.63) is 58.4 Å². The number of aryl methyl sites for hydroxylation is 3. The Balaban J connectivity index is 2.44. The molecule has 2 aromatic rings. The van der Waals surface area contributed by atoms with Gasteiger partial charge in [0.05, 0.1) is 12.2 Å². The summed E-state index contributed by atoms with van der Waals surface area (Å²) in [6.45, 7) is 6.32. The molecule has 17 heavy (non-hydrogen) atoms. The Kier molecular flexibility index (Phi) is 3.20. The van der Waals surface area contributed by atoms with E-state index < -0.39 is 0 Å². The Hall–Kier alpha value is -1.74. The molecule has 0 amide bonds. The number of aromatic nitrogens is 2. The van der Waals surface area contributed by atoms with Gasteiger partial charge in [0.25, 0.3) is 0 Å². The van der Waals surface area contributed by atoms with E-state index in [0.29, 0.717) is 0 Å². The summed E-state index contributed by atoms with van der Waals surface area (Å²) in [7, 11) is 0. The predicted octanol–water partition coefficient (Wildman–Crippen LogP) is 2.45. The molecule has 2 rings (SSSR count). The maximum atomic E-state index is 6.27. The van der Waals surface area contributed by atoms with Crippen LogP contribution in [0.5, 0.6) is 0 Å². The SMILES string of the molecule is Cc1cc(C)c(C(N)c2ccnnc2)cc1C. The first-order valence-electron chi connectivity index (χ1n) is 5.69. The maximum absolute atomic E-state index is 6.27. The van der Waals surface area contributed by atoms with Gasteiger partial charge in [-0.15, -0.1) is 0 Å². The largest absolute Gasteiger partial charge is 0.320 e. The van der Waals surface area contributed by atoms with Crippen molar-refractivity contribution >= 4 is 0 Å². The van der Waals surface area contributed by atoms with Gasteiger partial charge in [0, 0.05) is 6.20 Å². The number of hydrogen-bond donors (Lipinski definition) is 1. The molecule has 0 fully saturated rings. The number of rotatable bonds is 2. The highest BCUT2D eigenvalue weighted by Crippen LogP contribution is 2.24. The van der Waals surface area contributed by atoms with Gasteiger partial charge >= 0.3 is 0 Å². The molecule has 0 radical (unpaired) electrons. The summed E-state index contributed by atoms with van der Waals surface area (Å²) in [4.78, 5) is 0. The third-order valence-electron chi connectivity index (χ3n) is 3.18. The highest BCUT2D eigenvalue weighted by molar-refractivity contribution is 5.41. The van der Waals surface area contributed by atoms with Crippen molar-refractivity contribution in [3.63, 3.8) is 0 Å². The van der Waals surface area contributed by atoms with Crippen LogP contribution in [-0.4, -0.2) is 10.2 Å². The van der Waals surface area contributed by atoms with Crippen LogP contribution in [0, 0.1) is 20.8 Å². The zero-order valence-corrected chi connectivity index (χ0v) is 10.4. The molecule has 1 aromatic heterocycles. The minimum absolute atomic E-state index is 0.134. The minimum Gasteiger partial charge on any atom is -0.320 e. The highest BCUT2D eigenvalue weighted by atomic mass is 15.1. The second kappa shape index (κ2) is 4.63. The Morgan fingerprint density at radius 2 is 1.71 bits per heavy atom. The third-order valence-corrected chi connectivity index (χ3v) is 3.18. The highest BCUT2D eigenvalue weighted by Gasteiger charge is 2.12. The van der Waals surface area contributed by atoms with Crippen LogP contribution >= 0.6 is 0 Å². The van der Waals surface area contributed by atoms with Gasteiger partial charge < -0.3 is 5.73 Å². The maximum Gasteiger partial charge on any atom is 0.0570 e. The average Bonchev–Trinajstić information content (AvgIpc) is 2.34. The van der Waals surface area contributed by atoms with Gasteiger partial charge in [0.1, 0.15) is 0 Å². The van der Waals surface area contributed by atoms with Crippen molar-refractivity contribution in [1.29, 1.82) is 0 Å². The molecule has 3 nitrogen and oxygen atoms in total. The van der Waals surface area contributed by atoms with Gasteiger partial charge in [0.2, 0.25) is 0 Å². The molecule has 1 atom stereocenters. The van der Waals surface area contributed by atoms with E-state index in [1.807, 2.05) is 6.07 Å². The van der Waals surface area contributed by atoms with E-state index in [2.05, 4.69) is 43.1 Å². The molecule has 2 N–H and O–H groups in total. The van der Waals surface area contributed by atoms with Gasteiger partial charge in [-0.05, 0) is 54.7 Å². The van der Waals surface area contributed by atoms with Crippen LogP contribution in [0.4, 0.5) is 0 Å². The smallest absolute Gasteiger partial charge is 0.0570 e. The molecule has 1 heterocycles. The van der Waals surface area contributed by atoms with Crippen LogP contribution in [0.1, 0.15) is 33.9 Å². The summed E-state index contributed by atoms with van der Waals surface area (Å²) in [5.41, 5.74) is 12.2. The van der Waals surface area contributed by atoms with E-state index in [-0.39, 0.29) is 6.04 Å². The molecule has 0 aliphatic carbocycles. The first kappa shape index (κ1) is 11.7. The van der Waals surface area contributed by atoms with Crippen molar-refractivity contribution in [1.82, 2.24) is 10.2 Å². The molecule has 0 saturated carbocycles. The molecule has 3 heteroatoms. The summed E-state index contributed by atoms with van der Waals surface area (Å²) in [6.07, 6.45) is 3.39. The predicted molar refractivity (Wildman–Crippen MR) is 68.7 cm³/mol. The number of benzene rings is 1. The van der Waals surface area contributed by atoms with E-state index in [0.717, 1.165) is 11.1 Å². The Morgan fingerprint density at radius 1 is 1.00 bits per heavy atom. The monoisotopic (exact) mass is 227 g/mol. The zero-order valence-electron chi connectivity index (χ0n) is 10.4. The molecule has 0 aliphatic heterocycles. The zero-order chi connectivity index (χ0) is 12.4. The van der Waals surface area contributed by atoms with Crippen LogP contribution < -0.4 is 5.73 Å². The fraction of sp³-hybridized carbons (Fsp3) is 0.286. The Labute approximate surface area is 102 Å². The van der Waals surface area contributed by atoms with Crippen LogP contribution in [0.3, 0.4) is 0 Å². The lowest BCUT2D eigenvalue weighted by molar-refractivity contribution is 0.836. The number of nitrogens with zero attached hydrogens (tertiary/aromatic N) is 2. The second-order valence-corrected chi connectivity index (χ2v) is 4.45. The quantitative estimate of drug-likeness (QED) is 0.857. The van der Waals surface area contributed by atoms with Crippen molar-refractivity contribution in [2.24, 2.45) is 5.73 Å². The molecule has 0 spiro atoms. The lowest BCUT2D eigenvalue weighted by Gasteiger charge is -2.16. The van der Waals surface area contributed by atoms with E-state index >= 15 is 0 Å². The van der Waals surface area contributed by atoms with E-state index in [1.165, 1.54) is 16.7 Å². The molecule has 0 saturated heterocycles. The van der Waals surface area contributed by atoms with Crippen LogP contribution in [0.15, 0.2) is 30.6 Å². The van der Waals surface area contributed by atoms with Crippen LogP contribution in [0.25, 0.3) is 0 Å². The average molecular weight is 227 g/mol. The molecular weight excluding hydrogens is 210 g/mol. The van der Waals surface area contributed by atoms with E-state index in [4.69, 9.17) is 5.73 Å². The lowest BCUT2D eigenvalue weighted by Crippen LogP contribution is -2.14. The topological polar surface area (TPSA) is 51.8 Å². The van der Waals surface area contributed by atoms with E-state index in [9.17, 15) is 0 Å². The molecular formula is C14H17N3. The van der Waals surface area contributed by atoms with Crippen LogP contribution in [0.2, 0.25) is 0 Å². The van der Waals surface area contributed by atoms with Crippen molar-refractivity contribution in [2.75, 3.05) is 0 Å². The van der Waals surface area contributed by atoms with Gasteiger partial charge in [-0.1, -0.05) is 12.1 Å². The third kappa shape index (κ3) is 2.34. The lowest BCUT2D eigenvalue weighted by atomic mass is 9.93. The van der Waals surface area contributed by atoms with Crippen molar-refractivity contribution in [2.45, 2.75) is 26.8 Å². The standard InChI is InChI=1S/C14H17N3/c1-9-6-11(3)13(7-10(9)2)14(15)12-4-5-16-17-8-12/h4-8,14H,15H2,1-3H3. The van der Waals surface area contributed by atoms with Gasteiger partial charge in [-0.25, -0.2) is 0 Å². The molecule has 88 valence electrons. The fourth-order valence-corrected chi connectivity index (χ4v) is 1.98. The Bertz CT molecular complexity index is 520. The summed E-state index contributed by atoms with van der Waals surface area (Å²) in [6, 6.07) is 6.12. The fourth-order valence-electron chi connectivity index (χ4n) is 1.98. The molecule has 1 aromatic carbocycles. The van der Waals surface area contributed by atoms with Crippen LogP contribution in [-0.2, 0) is 0 Å². The van der Waals surface area contributed by atoms with Gasteiger partial charge in [-0.2, -0.15) is 10.2 Å². The van der Waals surface area contributed by atoms with Crippen molar-refractivity contribution < 1.29 is 0 Å². The summed E-state index contributed by atoms with van der Waals surface area (Å²) < 4.78 is 0. The number of hydrogen-bond acceptors (Lipinski definition) is 3. The summed E-state index contributed by atoms with van der Waals surface area (Å²) in [5, 5.41) is 7.64. The molecule has 0 bridgehead atoms. The molecule has 1 unspecified atom stereocenters. The van der Waals surface area contributed by atoms with E-state index in [1.54, 1.807) is 12.4 Å². The summed E-state index contributed by atoms with van der Waals surface area (Å²) in [5.74, 6) is 0. The first-order valence-corrected chi connectivity index (χ1v) is 5.69. The van der Waals surface area contributed by atoms with Crippen molar-refractivity contribution in [3.8, 4) is 0 Å². The first-order chi connectivity index (χ1) is 8.09. The van der Waals surface area contributed by atoms with Gasteiger partial charge in [-0.3, -0.25) is 0 Å². The van der Waals surface area contributed by atoms with Gasteiger partial charge in [0.15, 0.2) is 0 Å². The minimum atomic E-state index is -0.134. The normalized spacial score (nSPS) is 12.5. The number of nitrogens with two attached hydrogens (primary N) is 1.